The molecule has 104 valence electrons. The molecule has 0 saturated carbocycles. The van der Waals surface area contributed by atoms with Crippen LogP contribution in [-0.2, 0) is 9.53 Å². The molecule has 0 aliphatic heterocycles. The van der Waals surface area contributed by atoms with Gasteiger partial charge in [0.05, 0.1) is 12.2 Å². The van der Waals surface area contributed by atoms with Crippen LogP contribution in [0.4, 0.5) is 8.78 Å². The molecular weight excluding hydrogens is 256 g/mol. The van der Waals surface area contributed by atoms with Crippen molar-refractivity contribution in [2.75, 3.05) is 13.2 Å². The van der Waals surface area contributed by atoms with Gasteiger partial charge in [0.25, 0.3) is 5.91 Å². The highest BCUT2D eigenvalue weighted by Crippen LogP contribution is 2.09. The zero-order valence-electron chi connectivity index (χ0n) is 10.5. The summed E-state index contributed by atoms with van der Waals surface area (Å²) in [5.41, 5.74) is -0.351. The lowest BCUT2D eigenvalue weighted by Crippen LogP contribution is -2.26. The predicted molar refractivity (Wildman–Crippen MR) is 64.6 cm³/mol. The van der Waals surface area contributed by atoms with Crippen molar-refractivity contribution in [2.45, 2.75) is 19.8 Å². The smallest absolute Gasteiger partial charge is 0.305 e. The molecule has 1 rings (SSSR count). The van der Waals surface area contributed by atoms with Crippen molar-refractivity contribution in [3.63, 3.8) is 0 Å². The van der Waals surface area contributed by atoms with Gasteiger partial charge in [0.1, 0.15) is 11.6 Å². The molecule has 0 heterocycles. The van der Waals surface area contributed by atoms with Gasteiger partial charge in [0, 0.05) is 13.0 Å². The highest BCUT2D eigenvalue weighted by Gasteiger charge is 2.12. The number of ether oxygens (including phenoxy) is 1. The maximum atomic E-state index is 13.3. The summed E-state index contributed by atoms with van der Waals surface area (Å²) in [4.78, 5) is 22.6. The number of hydrogen-bond acceptors (Lipinski definition) is 3. The number of nitrogens with one attached hydrogen (secondary N) is 1. The Morgan fingerprint density at radius 2 is 2.05 bits per heavy atom. The van der Waals surface area contributed by atoms with Crippen LogP contribution in [0.1, 0.15) is 30.1 Å². The lowest BCUT2D eigenvalue weighted by atomic mass is 10.2. The Morgan fingerprint density at radius 1 is 1.32 bits per heavy atom. The van der Waals surface area contributed by atoms with E-state index in [1.54, 1.807) is 6.92 Å². The number of carbonyl (C=O) groups is 2. The quantitative estimate of drug-likeness (QED) is 0.636. The third-order valence-electron chi connectivity index (χ3n) is 2.32. The van der Waals surface area contributed by atoms with Gasteiger partial charge in [0.15, 0.2) is 0 Å². The first-order valence-electron chi connectivity index (χ1n) is 5.93. The Balaban J connectivity index is 2.39. The predicted octanol–water partition coefficient (Wildman–Crippen LogP) is 2.04. The molecule has 0 aliphatic rings. The first kappa shape index (κ1) is 15.1. The van der Waals surface area contributed by atoms with E-state index in [9.17, 15) is 18.4 Å². The van der Waals surface area contributed by atoms with Crippen LogP contribution in [0.15, 0.2) is 18.2 Å². The molecule has 0 unspecified atom stereocenters. The molecule has 0 atom stereocenters. The summed E-state index contributed by atoms with van der Waals surface area (Å²) >= 11 is 0. The minimum absolute atomic E-state index is 0.166. The van der Waals surface area contributed by atoms with E-state index < -0.39 is 17.5 Å². The first-order chi connectivity index (χ1) is 9.04. The van der Waals surface area contributed by atoms with E-state index in [0.717, 1.165) is 18.2 Å². The minimum atomic E-state index is -0.788. The van der Waals surface area contributed by atoms with E-state index in [-0.39, 0.29) is 24.5 Å². The van der Waals surface area contributed by atoms with Crippen LogP contribution in [0, 0.1) is 11.6 Å². The van der Waals surface area contributed by atoms with Crippen molar-refractivity contribution in [3.05, 3.63) is 35.4 Å². The lowest BCUT2D eigenvalue weighted by molar-refractivity contribution is -0.143. The summed E-state index contributed by atoms with van der Waals surface area (Å²) in [6.07, 6.45) is 0.543. The number of esters is 1. The highest BCUT2D eigenvalue weighted by molar-refractivity contribution is 5.94. The number of carbonyl (C=O) groups excluding carboxylic acids is 2. The van der Waals surface area contributed by atoms with Gasteiger partial charge in [-0.25, -0.2) is 8.78 Å². The van der Waals surface area contributed by atoms with Crippen LogP contribution in [-0.4, -0.2) is 25.0 Å². The summed E-state index contributed by atoms with van der Waals surface area (Å²) in [5.74, 6) is -2.53. The van der Waals surface area contributed by atoms with Crippen molar-refractivity contribution in [3.8, 4) is 0 Å². The molecular formula is C13H15F2NO3. The number of hydrogen-bond donors (Lipinski definition) is 1. The number of amides is 1. The third kappa shape index (κ3) is 5.03. The minimum Gasteiger partial charge on any atom is -0.466 e. The first-order valence-corrected chi connectivity index (χ1v) is 5.93. The van der Waals surface area contributed by atoms with E-state index >= 15 is 0 Å². The molecule has 0 bridgehead atoms. The summed E-state index contributed by atoms with van der Waals surface area (Å²) in [5, 5.41) is 2.41. The van der Waals surface area contributed by atoms with Crippen LogP contribution >= 0.6 is 0 Å². The van der Waals surface area contributed by atoms with Crippen molar-refractivity contribution >= 4 is 11.9 Å². The van der Waals surface area contributed by atoms with Crippen LogP contribution < -0.4 is 5.32 Å². The molecule has 6 heteroatoms. The van der Waals surface area contributed by atoms with E-state index in [1.165, 1.54) is 0 Å². The SMILES string of the molecule is CCOC(=O)CCCNC(=O)c1cc(F)ccc1F. The molecule has 0 radical (unpaired) electrons. The third-order valence-corrected chi connectivity index (χ3v) is 2.32. The summed E-state index contributed by atoms with van der Waals surface area (Å²) in [6.45, 7) is 2.19. The number of halogens is 2. The molecule has 0 spiro atoms. The summed E-state index contributed by atoms with van der Waals surface area (Å²) < 4.78 is 30.8. The maximum absolute atomic E-state index is 13.3. The molecule has 0 fully saturated rings. The maximum Gasteiger partial charge on any atom is 0.305 e. The van der Waals surface area contributed by atoms with E-state index in [4.69, 9.17) is 4.74 Å². The summed E-state index contributed by atoms with van der Waals surface area (Å²) in [6, 6.07) is 2.66. The Labute approximate surface area is 109 Å². The topological polar surface area (TPSA) is 55.4 Å². The van der Waals surface area contributed by atoms with Gasteiger partial charge in [-0.05, 0) is 31.5 Å². The second kappa shape index (κ2) is 7.45. The largest absolute Gasteiger partial charge is 0.466 e. The van der Waals surface area contributed by atoms with Gasteiger partial charge < -0.3 is 10.1 Å². The van der Waals surface area contributed by atoms with Crippen molar-refractivity contribution < 1.29 is 23.1 Å². The fraction of sp³-hybridized carbons (Fsp3) is 0.385. The Hall–Kier alpha value is -1.98. The molecule has 1 aromatic rings. The summed E-state index contributed by atoms with van der Waals surface area (Å²) in [7, 11) is 0. The Morgan fingerprint density at radius 3 is 2.74 bits per heavy atom. The molecule has 0 saturated heterocycles. The second-order valence-electron chi connectivity index (χ2n) is 3.79. The van der Waals surface area contributed by atoms with Crippen LogP contribution in [0.2, 0.25) is 0 Å². The number of rotatable bonds is 6. The monoisotopic (exact) mass is 271 g/mol. The average molecular weight is 271 g/mol. The van der Waals surface area contributed by atoms with Crippen LogP contribution in [0.5, 0.6) is 0 Å². The average Bonchev–Trinajstić information content (AvgIpc) is 2.37. The van der Waals surface area contributed by atoms with Crippen molar-refractivity contribution in [1.82, 2.24) is 5.32 Å². The molecule has 19 heavy (non-hydrogen) atoms. The highest BCUT2D eigenvalue weighted by atomic mass is 19.1. The van der Waals surface area contributed by atoms with Gasteiger partial charge >= 0.3 is 5.97 Å². The van der Waals surface area contributed by atoms with E-state index in [1.807, 2.05) is 0 Å². The molecule has 4 nitrogen and oxygen atoms in total. The van der Waals surface area contributed by atoms with Gasteiger partial charge in [0.2, 0.25) is 0 Å². The fourth-order valence-corrected chi connectivity index (χ4v) is 1.43. The zero-order chi connectivity index (χ0) is 14.3. The molecule has 1 aromatic carbocycles. The fourth-order valence-electron chi connectivity index (χ4n) is 1.43. The van der Waals surface area contributed by atoms with Gasteiger partial charge in [-0.2, -0.15) is 0 Å². The molecule has 1 N–H and O–H groups in total. The molecule has 0 aromatic heterocycles. The van der Waals surface area contributed by atoms with E-state index in [2.05, 4.69) is 5.32 Å². The van der Waals surface area contributed by atoms with E-state index in [0.29, 0.717) is 13.0 Å². The standard InChI is InChI=1S/C13H15F2NO3/c1-2-19-12(17)4-3-7-16-13(18)10-8-9(14)5-6-11(10)15/h5-6,8H,2-4,7H2,1H3,(H,16,18). The zero-order valence-corrected chi connectivity index (χ0v) is 10.5. The van der Waals surface area contributed by atoms with Gasteiger partial charge in [-0.15, -0.1) is 0 Å². The van der Waals surface area contributed by atoms with Crippen LogP contribution in [0.25, 0.3) is 0 Å². The lowest BCUT2D eigenvalue weighted by Gasteiger charge is -2.06. The normalized spacial score (nSPS) is 10.1. The van der Waals surface area contributed by atoms with Crippen molar-refractivity contribution in [2.24, 2.45) is 0 Å². The van der Waals surface area contributed by atoms with Gasteiger partial charge in [-0.1, -0.05) is 0 Å². The van der Waals surface area contributed by atoms with Crippen LogP contribution in [0.3, 0.4) is 0 Å². The van der Waals surface area contributed by atoms with Crippen molar-refractivity contribution in [1.29, 1.82) is 0 Å². The number of benzene rings is 1. The Bertz CT molecular complexity index is 463. The Kier molecular flexibility index (Phi) is 5.92. The molecule has 0 aliphatic carbocycles. The van der Waals surface area contributed by atoms with Gasteiger partial charge in [-0.3, -0.25) is 9.59 Å². The molecule has 1 amide bonds. The second-order valence-corrected chi connectivity index (χ2v) is 3.79.